The Bertz CT molecular complexity index is 1070. The number of amides is 1. The van der Waals surface area contributed by atoms with E-state index in [0.717, 1.165) is 24.2 Å². The first-order valence-corrected chi connectivity index (χ1v) is 9.11. The standard InChI is InChI=1S/C21H22N4O3/c1-4-25(5-2)17-7-6-16-12-18(21(27)28-19(16)13-17)14(3)23-24-20(26)15-8-10-22-11-9-15/h6-13H,4-5H2,1-3H3,(H,24,26)/b23-14+. The zero-order valence-electron chi connectivity index (χ0n) is 16.1. The van der Waals surface area contributed by atoms with Gasteiger partial charge in [-0.15, -0.1) is 0 Å². The number of anilines is 1. The highest BCUT2D eigenvalue weighted by atomic mass is 16.4. The minimum Gasteiger partial charge on any atom is -0.422 e. The van der Waals surface area contributed by atoms with Gasteiger partial charge in [0.15, 0.2) is 0 Å². The van der Waals surface area contributed by atoms with Crippen LogP contribution < -0.4 is 16.0 Å². The summed E-state index contributed by atoms with van der Waals surface area (Å²) in [6.07, 6.45) is 3.05. The highest BCUT2D eigenvalue weighted by molar-refractivity contribution is 6.02. The maximum Gasteiger partial charge on any atom is 0.345 e. The Balaban J connectivity index is 1.88. The molecule has 0 atom stereocenters. The summed E-state index contributed by atoms with van der Waals surface area (Å²) in [5, 5.41) is 4.83. The molecule has 0 fully saturated rings. The van der Waals surface area contributed by atoms with Gasteiger partial charge in [-0.05, 0) is 51.1 Å². The number of hydrogen-bond donors (Lipinski definition) is 1. The number of nitrogens with one attached hydrogen (secondary N) is 1. The summed E-state index contributed by atoms with van der Waals surface area (Å²) in [7, 11) is 0. The zero-order valence-corrected chi connectivity index (χ0v) is 16.1. The number of hydrazone groups is 1. The molecule has 7 nitrogen and oxygen atoms in total. The molecule has 0 aliphatic heterocycles. The molecular weight excluding hydrogens is 356 g/mol. The molecule has 144 valence electrons. The van der Waals surface area contributed by atoms with Crippen LogP contribution in [0.2, 0.25) is 0 Å². The van der Waals surface area contributed by atoms with Gasteiger partial charge in [0.25, 0.3) is 5.91 Å². The molecule has 0 aliphatic carbocycles. The minimum absolute atomic E-state index is 0.304. The van der Waals surface area contributed by atoms with E-state index in [4.69, 9.17) is 4.42 Å². The number of nitrogens with zero attached hydrogens (tertiary/aromatic N) is 3. The van der Waals surface area contributed by atoms with Gasteiger partial charge >= 0.3 is 5.63 Å². The first-order valence-electron chi connectivity index (χ1n) is 9.11. The van der Waals surface area contributed by atoms with Crippen LogP contribution in [0.4, 0.5) is 5.69 Å². The number of hydrogen-bond acceptors (Lipinski definition) is 6. The van der Waals surface area contributed by atoms with Gasteiger partial charge in [-0.25, -0.2) is 10.2 Å². The highest BCUT2D eigenvalue weighted by Crippen LogP contribution is 2.22. The van der Waals surface area contributed by atoms with Crippen LogP contribution in [0.25, 0.3) is 11.0 Å². The summed E-state index contributed by atoms with van der Waals surface area (Å²) in [5.74, 6) is -0.379. The van der Waals surface area contributed by atoms with E-state index in [1.807, 2.05) is 18.2 Å². The first-order chi connectivity index (χ1) is 13.5. The number of carbonyl (C=O) groups excluding carboxylic acids is 1. The van der Waals surface area contributed by atoms with Gasteiger partial charge in [0, 0.05) is 48.2 Å². The molecule has 1 N–H and O–H groups in total. The second-order valence-electron chi connectivity index (χ2n) is 6.22. The summed E-state index contributed by atoms with van der Waals surface area (Å²) in [6.45, 7) is 7.54. The second kappa shape index (κ2) is 8.47. The molecule has 3 rings (SSSR count). The third-order valence-electron chi connectivity index (χ3n) is 4.51. The van der Waals surface area contributed by atoms with Crippen LogP contribution >= 0.6 is 0 Å². The summed E-state index contributed by atoms with van der Waals surface area (Å²) < 4.78 is 5.50. The van der Waals surface area contributed by atoms with Crippen molar-refractivity contribution in [3.63, 3.8) is 0 Å². The molecule has 3 aromatic rings. The lowest BCUT2D eigenvalue weighted by Crippen LogP contribution is -2.22. The van der Waals surface area contributed by atoms with E-state index in [1.165, 1.54) is 12.4 Å². The lowest BCUT2D eigenvalue weighted by molar-refractivity contribution is 0.0954. The lowest BCUT2D eigenvalue weighted by Gasteiger charge is -2.21. The molecule has 28 heavy (non-hydrogen) atoms. The smallest absolute Gasteiger partial charge is 0.345 e. The van der Waals surface area contributed by atoms with E-state index in [-0.39, 0.29) is 5.91 Å². The van der Waals surface area contributed by atoms with Crippen molar-refractivity contribution in [2.75, 3.05) is 18.0 Å². The summed E-state index contributed by atoms with van der Waals surface area (Å²) in [4.78, 5) is 30.6. The summed E-state index contributed by atoms with van der Waals surface area (Å²) in [6, 6.07) is 10.7. The van der Waals surface area contributed by atoms with Gasteiger partial charge in [0.2, 0.25) is 0 Å². The third-order valence-corrected chi connectivity index (χ3v) is 4.51. The number of pyridine rings is 1. The average molecular weight is 378 g/mol. The molecule has 7 heteroatoms. The summed E-state index contributed by atoms with van der Waals surface area (Å²) in [5.41, 5.74) is 4.57. The lowest BCUT2D eigenvalue weighted by atomic mass is 10.1. The fraction of sp³-hybridized carbons (Fsp3) is 0.238. The number of rotatable bonds is 6. The molecule has 2 heterocycles. The van der Waals surface area contributed by atoms with E-state index in [9.17, 15) is 9.59 Å². The van der Waals surface area contributed by atoms with Crippen molar-refractivity contribution in [2.24, 2.45) is 5.10 Å². The van der Waals surface area contributed by atoms with Crippen LogP contribution in [0.3, 0.4) is 0 Å². The van der Waals surface area contributed by atoms with E-state index >= 15 is 0 Å². The van der Waals surface area contributed by atoms with Crippen molar-refractivity contribution >= 4 is 28.3 Å². The van der Waals surface area contributed by atoms with Gasteiger partial charge in [0.05, 0.1) is 11.3 Å². The van der Waals surface area contributed by atoms with Gasteiger partial charge in [0.1, 0.15) is 5.58 Å². The van der Waals surface area contributed by atoms with Crippen molar-refractivity contribution in [3.05, 3.63) is 70.3 Å². The van der Waals surface area contributed by atoms with Crippen molar-refractivity contribution in [1.29, 1.82) is 0 Å². The first kappa shape index (κ1) is 19.3. The third kappa shape index (κ3) is 4.09. The molecule has 0 aliphatic rings. The fourth-order valence-electron chi connectivity index (χ4n) is 2.90. The van der Waals surface area contributed by atoms with Crippen LogP contribution in [-0.2, 0) is 0 Å². The van der Waals surface area contributed by atoms with Gasteiger partial charge in [-0.3, -0.25) is 9.78 Å². The SMILES string of the molecule is CCN(CC)c1ccc2cc(/C(C)=N/NC(=O)c3ccncc3)c(=O)oc2c1. The molecule has 0 bridgehead atoms. The highest BCUT2D eigenvalue weighted by Gasteiger charge is 2.11. The Morgan fingerprint density at radius 1 is 1.14 bits per heavy atom. The number of aromatic nitrogens is 1. The van der Waals surface area contributed by atoms with Crippen LogP contribution in [-0.4, -0.2) is 29.7 Å². The Kier molecular flexibility index (Phi) is 5.84. The van der Waals surface area contributed by atoms with E-state index in [0.29, 0.717) is 22.4 Å². The van der Waals surface area contributed by atoms with Crippen LogP contribution in [0.1, 0.15) is 36.7 Å². The monoisotopic (exact) mass is 378 g/mol. The molecule has 1 amide bonds. The Labute approximate surface area is 162 Å². The molecule has 1 aromatic carbocycles. The van der Waals surface area contributed by atoms with E-state index in [2.05, 4.69) is 34.3 Å². The molecular formula is C21H22N4O3. The predicted molar refractivity (Wildman–Crippen MR) is 110 cm³/mol. The predicted octanol–water partition coefficient (Wildman–Crippen LogP) is 3.19. The zero-order chi connectivity index (χ0) is 20.1. The minimum atomic E-state index is -0.497. The second-order valence-corrected chi connectivity index (χ2v) is 6.22. The molecule has 2 aromatic heterocycles. The van der Waals surface area contributed by atoms with Crippen molar-refractivity contribution < 1.29 is 9.21 Å². The quantitative estimate of drug-likeness (QED) is 0.404. The maximum absolute atomic E-state index is 12.4. The molecule has 0 saturated carbocycles. The fourth-order valence-corrected chi connectivity index (χ4v) is 2.90. The van der Waals surface area contributed by atoms with Crippen LogP contribution in [0.15, 0.2) is 63.1 Å². The Morgan fingerprint density at radius 2 is 1.86 bits per heavy atom. The van der Waals surface area contributed by atoms with Crippen molar-refractivity contribution in [3.8, 4) is 0 Å². The largest absolute Gasteiger partial charge is 0.422 e. The van der Waals surface area contributed by atoms with Gasteiger partial charge < -0.3 is 9.32 Å². The maximum atomic E-state index is 12.4. The normalized spacial score (nSPS) is 11.5. The Morgan fingerprint density at radius 3 is 2.54 bits per heavy atom. The number of benzene rings is 1. The van der Waals surface area contributed by atoms with Gasteiger partial charge in [-0.2, -0.15) is 5.10 Å². The van der Waals surface area contributed by atoms with E-state index < -0.39 is 5.63 Å². The Hall–Kier alpha value is -3.48. The summed E-state index contributed by atoms with van der Waals surface area (Å²) >= 11 is 0. The van der Waals surface area contributed by atoms with Crippen molar-refractivity contribution in [1.82, 2.24) is 10.4 Å². The average Bonchev–Trinajstić information content (AvgIpc) is 2.72. The van der Waals surface area contributed by atoms with E-state index in [1.54, 1.807) is 25.1 Å². The number of carbonyl (C=O) groups is 1. The van der Waals surface area contributed by atoms with Crippen molar-refractivity contribution in [2.45, 2.75) is 20.8 Å². The van der Waals surface area contributed by atoms with Crippen LogP contribution in [0.5, 0.6) is 0 Å². The topological polar surface area (TPSA) is 87.8 Å². The molecule has 0 saturated heterocycles. The molecule has 0 radical (unpaired) electrons. The molecule has 0 spiro atoms. The molecule has 0 unspecified atom stereocenters. The van der Waals surface area contributed by atoms with Gasteiger partial charge in [-0.1, -0.05) is 0 Å². The van der Waals surface area contributed by atoms with Crippen LogP contribution in [0, 0.1) is 0 Å². The number of fused-ring (bicyclic) bond motifs is 1.